The lowest BCUT2D eigenvalue weighted by Crippen LogP contribution is -2.06. The maximum Gasteiger partial charge on any atom is 0.298 e. The van der Waals surface area contributed by atoms with Crippen LogP contribution in [0.2, 0.25) is 0 Å². The van der Waals surface area contributed by atoms with Gasteiger partial charge in [0.2, 0.25) is 0 Å². The van der Waals surface area contributed by atoms with Crippen LogP contribution in [0.3, 0.4) is 0 Å². The van der Waals surface area contributed by atoms with Gasteiger partial charge >= 0.3 is 0 Å². The molecule has 2 rings (SSSR count). The SMILES string of the molecule is COc1ccc(C(=O)c2ccc(O)cc2)cc1S(=O)(=O)O. The Bertz CT molecular complexity index is 778. The fraction of sp³-hybridized carbons (Fsp3) is 0.0714. The first-order chi connectivity index (χ1) is 9.82. The Hall–Kier alpha value is -2.38. The van der Waals surface area contributed by atoms with E-state index in [1.807, 2.05) is 0 Å². The highest BCUT2D eigenvalue weighted by atomic mass is 32.2. The van der Waals surface area contributed by atoms with Crippen LogP contribution >= 0.6 is 0 Å². The molecular formula is C14H12O6S. The third kappa shape index (κ3) is 3.21. The van der Waals surface area contributed by atoms with Gasteiger partial charge in [-0.05, 0) is 42.5 Å². The molecule has 0 aromatic heterocycles. The first-order valence-corrected chi connectivity index (χ1v) is 7.26. The molecule has 110 valence electrons. The Morgan fingerprint density at radius 3 is 2.14 bits per heavy atom. The summed E-state index contributed by atoms with van der Waals surface area (Å²) < 4.78 is 36.6. The molecule has 0 bridgehead atoms. The molecular weight excluding hydrogens is 296 g/mol. The number of hydrogen-bond acceptors (Lipinski definition) is 5. The van der Waals surface area contributed by atoms with Crippen molar-refractivity contribution < 1.29 is 27.6 Å². The van der Waals surface area contributed by atoms with Crippen molar-refractivity contribution in [2.24, 2.45) is 0 Å². The van der Waals surface area contributed by atoms with Crippen molar-refractivity contribution in [3.63, 3.8) is 0 Å². The summed E-state index contributed by atoms with van der Waals surface area (Å²) in [7, 11) is -3.25. The lowest BCUT2D eigenvalue weighted by molar-refractivity contribution is 0.103. The first kappa shape index (κ1) is 15.0. The van der Waals surface area contributed by atoms with Crippen molar-refractivity contribution in [2.75, 3.05) is 7.11 Å². The first-order valence-electron chi connectivity index (χ1n) is 5.82. The molecule has 0 saturated carbocycles. The second kappa shape index (κ2) is 5.55. The number of methoxy groups -OCH3 is 1. The van der Waals surface area contributed by atoms with Crippen molar-refractivity contribution in [3.05, 3.63) is 53.6 Å². The second-order valence-corrected chi connectivity index (χ2v) is 5.61. The number of aromatic hydroxyl groups is 1. The van der Waals surface area contributed by atoms with E-state index >= 15 is 0 Å². The molecule has 0 aliphatic carbocycles. The van der Waals surface area contributed by atoms with E-state index in [9.17, 15) is 18.3 Å². The van der Waals surface area contributed by atoms with Gasteiger partial charge in [-0.15, -0.1) is 0 Å². The molecule has 0 radical (unpaired) electrons. The number of hydrogen-bond donors (Lipinski definition) is 2. The van der Waals surface area contributed by atoms with E-state index in [0.29, 0.717) is 0 Å². The molecule has 0 aliphatic heterocycles. The third-order valence-electron chi connectivity index (χ3n) is 2.83. The van der Waals surface area contributed by atoms with E-state index in [4.69, 9.17) is 9.29 Å². The number of phenols is 1. The van der Waals surface area contributed by atoms with Crippen molar-refractivity contribution in [3.8, 4) is 11.5 Å². The molecule has 2 N–H and O–H groups in total. The van der Waals surface area contributed by atoms with Crippen LogP contribution in [0.25, 0.3) is 0 Å². The third-order valence-corrected chi connectivity index (χ3v) is 3.71. The molecule has 2 aromatic carbocycles. The number of carbonyl (C=O) groups excluding carboxylic acids is 1. The van der Waals surface area contributed by atoms with Gasteiger partial charge in [0.05, 0.1) is 7.11 Å². The summed E-state index contributed by atoms with van der Waals surface area (Å²) in [6.07, 6.45) is 0. The Balaban J connectivity index is 2.50. The molecule has 0 amide bonds. The van der Waals surface area contributed by atoms with Crippen LogP contribution in [0.5, 0.6) is 11.5 Å². The van der Waals surface area contributed by atoms with E-state index in [1.165, 1.54) is 43.5 Å². The predicted octanol–water partition coefficient (Wildman–Crippen LogP) is 1.88. The van der Waals surface area contributed by atoms with E-state index in [1.54, 1.807) is 0 Å². The summed E-state index contributed by atoms with van der Waals surface area (Å²) in [4.78, 5) is 11.8. The molecule has 0 unspecified atom stereocenters. The quantitative estimate of drug-likeness (QED) is 0.660. The lowest BCUT2D eigenvalue weighted by atomic mass is 10.0. The Labute approximate surface area is 121 Å². The molecule has 7 heteroatoms. The number of rotatable bonds is 4. The van der Waals surface area contributed by atoms with E-state index in [2.05, 4.69) is 0 Å². The van der Waals surface area contributed by atoms with Crippen LogP contribution in [-0.2, 0) is 10.1 Å². The summed E-state index contributed by atoms with van der Waals surface area (Å²) in [6, 6.07) is 9.24. The molecule has 0 aliphatic rings. The highest BCUT2D eigenvalue weighted by molar-refractivity contribution is 7.86. The number of benzene rings is 2. The zero-order chi connectivity index (χ0) is 15.6. The Kier molecular flexibility index (Phi) is 3.97. The summed E-state index contributed by atoms with van der Waals surface area (Å²) in [5, 5.41) is 9.19. The van der Waals surface area contributed by atoms with Gasteiger partial charge in [-0.1, -0.05) is 0 Å². The van der Waals surface area contributed by atoms with Gasteiger partial charge in [0.1, 0.15) is 16.4 Å². The summed E-state index contributed by atoms with van der Waals surface area (Å²) in [5.41, 5.74) is 0.355. The average molecular weight is 308 g/mol. The largest absolute Gasteiger partial charge is 0.508 e. The molecule has 6 nitrogen and oxygen atoms in total. The second-order valence-electron chi connectivity index (χ2n) is 4.22. The van der Waals surface area contributed by atoms with Crippen molar-refractivity contribution in [2.45, 2.75) is 4.90 Å². The van der Waals surface area contributed by atoms with Crippen LogP contribution in [0.1, 0.15) is 15.9 Å². The monoisotopic (exact) mass is 308 g/mol. The normalized spacial score (nSPS) is 11.1. The fourth-order valence-corrected chi connectivity index (χ4v) is 2.48. The smallest absolute Gasteiger partial charge is 0.298 e. The van der Waals surface area contributed by atoms with Crippen LogP contribution in [0.15, 0.2) is 47.4 Å². The maximum absolute atomic E-state index is 12.2. The summed E-state index contributed by atoms with van der Waals surface area (Å²) in [5.74, 6) is -0.484. The standard InChI is InChI=1S/C14H12O6S/c1-20-12-7-4-10(8-13(12)21(17,18)19)14(16)9-2-5-11(15)6-3-9/h2-8,15H,1H3,(H,17,18,19). The van der Waals surface area contributed by atoms with Gasteiger partial charge in [0.25, 0.3) is 10.1 Å². The van der Waals surface area contributed by atoms with Gasteiger partial charge < -0.3 is 9.84 Å². The van der Waals surface area contributed by atoms with E-state index in [0.717, 1.165) is 6.07 Å². The fourth-order valence-electron chi connectivity index (χ4n) is 1.80. The van der Waals surface area contributed by atoms with Crippen LogP contribution < -0.4 is 4.74 Å². The Morgan fingerprint density at radius 2 is 1.62 bits per heavy atom. The van der Waals surface area contributed by atoms with E-state index < -0.39 is 20.8 Å². The molecule has 0 fully saturated rings. The lowest BCUT2D eigenvalue weighted by Gasteiger charge is -2.08. The number of ketones is 1. The molecule has 0 saturated heterocycles. The highest BCUT2D eigenvalue weighted by Gasteiger charge is 2.19. The summed E-state index contributed by atoms with van der Waals surface area (Å²) in [6.45, 7) is 0. The van der Waals surface area contributed by atoms with Gasteiger partial charge in [-0.3, -0.25) is 9.35 Å². The van der Waals surface area contributed by atoms with Gasteiger partial charge in [0, 0.05) is 11.1 Å². The van der Waals surface area contributed by atoms with Gasteiger partial charge in [-0.2, -0.15) is 8.42 Å². The van der Waals surface area contributed by atoms with Crippen molar-refractivity contribution >= 4 is 15.9 Å². The number of carbonyl (C=O) groups is 1. The molecule has 0 atom stereocenters. The molecule has 0 heterocycles. The number of ether oxygens (including phenoxy) is 1. The summed E-state index contributed by atoms with van der Waals surface area (Å²) >= 11 is 0. The minimum atomic E-state index is -4.51. The minimum Gasteiger partial charge on any atom is -0.508 e. The molecule has 0 spiro atoms. The van der Waals surface area contributed by atoms with Crippen LogP contribution in [0.4, 0.5) is 0 Å². The predicted molar refractivity (Wildman–Crippen MR) is 74.3 cm³/mol. The number of phenolic OH excluding ortho intramolecular Hbond substituents is 1. The van der Waals surface area contributed by atoms with Crippen LogP contribution in [-0.4, -0.2) is 31.0 Å². The molecule has 21 heavy (non-hydrogen) atoms. The highest BCUT2D eigenvalue weighted by Crippen LogP contribution is 2.26. The van der Waals surface area contributed by atoms with E-state index in [-0.39, 0.29) is 22.6 Å². The average Bonchev–Trinajstić information content (AvgIpc) is 2.45. The molecule has 2 aromatic rings. The van der Waals surface area contributed by atoms with Gasteiger partial charge in [-0.25, -0.2) is 0 Å². The maximum atomic E-state index is 12.2. The van der Waals surface area contributed by atoms with Crippen molar-refractivity contribution in [1.29, 1.82) is 0 Å². The van der Waals surface area contributed by atoms with Gasteiger partial charge in [0.15, 0.2) is 5.78 Å². The van der Waals surface area contributed by atoms with Crippen molar-refractivity contribution in [1.82, 2.24) is 0 Å². The minimum absolute atomic E-state index is 0.0138. The zero-order valence-electron chi connectivity index (χ0n) is 11.0. The zero-order valence-corrected chi connectivity index (χ0v) is 11.8. The van der Waals surface area contributed by atoms with Crippen LogP contribution in [0, 0.1) is 0 Å². The Morgan fingerprint density at radius 1 is 1.05 bits per heavy atom. The topological polar surface area (TPSA) is 101 Å².